The van der Waals surface area contributed by atoms with Crippen LogP contribution in [0.2, 0.25) is 0 Å². The number of fused-ring (bicyclic) bond motifs is 4. The number of methoxy groups -OCH3 is 1. The molecule has 1 aliphatic rings. The van der Waals surface area contributed by atoms with E-state index in [4.69, 9.17) is 4.74 Å². The molecule has 1 aromatic heterocycles. The average molecular weight is 508 g/mol. The Balaban J connectivity index is 1.61. The van der Waals surface area contributed by atoms with E-state index in [-0.39, 0.29) is 5.75 Å². The minimum absolute atomic E-state index is 0.270. The summed E-state index contributed by atoms with van der Waals surface area (Å²) in [5.74, 6) is 0.554. The summed E-state index contributed by atoms with van der Waals surface area (Å²) in [5, 5.41) is 4.39. The van der Waals surface area contributed by atoms with Crippen molar-refractivity contribution in [3.63, 3.8) is 0 Å². The third-order valence-corrected chi connectivity index (χ3v) is 8.16. The second kappa shape index (κ2) is 9.53. The van der Waals surface area contributed by atoms with Gasteiger partial charge in [-0.3, -0.25) is 4.55 Å². The topological polar surface area (TPSA) is 70.7 Å². The number of benzene rings is 3. The van der Waals surface area contributed by atoms with Crippen LogP contribution in [0.15, 0.2) is 76.7 Å². The number of hydrogen-bond donors (Lipinski definition) is 1. The number of rotatable bonds is 7. The van der Waals surface area contributed by atoms with Crippen molar-refractivity contribution in [3.05, 3.63) is 77.5 Å². The van der Waals surface area contributed by atoms with Gasteiger partial charge in [-0.25, -0.2) is 0 Å². The van der Waals surface area contributed by atoms with Gasteiger partial charge in [0.15, 0.2) is 0 Å². The number of thioether (sulfide) groups is 1. The van der Waals surface area contributed by atoms with Crippen LogP contribution in [0.25, 0.3) is 27.8 Å². The average Bonchev–Trinajstić information content (AvgIpc) is 3.20. The van der Waals surface area contributed by atoms with Gasteiger partial charge in [0, 0.05) is 35.0 Å². The molecule has 0 bridgehead atoms. The zero-order chi connectivity index (χ0) is 24.6. The van der Waals surface area contributed by atoms with Gasteiger partial charge in [0.1, 0.15) is 12.3 Å². The van der Waals surface area contributed by atoms with Crippen LogP contribution in [0.5, 0.6) is 5.75 Å². The molecule has 0 radical (unpaired) electrons. The van der Waals surface area contributed by atoms with Crippen molar-refractivity contribution in [3.8, 4) is 5.75 Å². The normalized spacial score (nSPS) is 14.7. The lowest BCUT2D eigenvalue weighted by atomic mass is 10.1. The Bertz CT molecular complexity index is 1560. The van der Waals surface area contributed by atoms with Crippen molar-refractivity contribution < 1.29 is 22.3 Å². The molecule has 35 heavy (non-hydrogen) atoms. The summed E-state index contributed by atoms with van der Waals surface area (Å²) in [6, 6.07) is 22.8. The third-order valence-electron chi connectivity index (χ3n) is 6.26. The summed E-state index contributed by atoms with van der Waals surface area (Å²) < 4.78 is 39.7. The molecule has 180 valence electrons. The van der Waals surface area contributed by atoms with Gasteiger partial charge < -0.3 is 9.64 Å². The van der Waals surface area contributed by atoms with Crippen LogP contribution < -0.4 is 14.2 Å². The van der Waals surface area contributed by atoms with Gasteiger partial charge in [-0.2, -0.15) is 13.0 Å². The summed E-state index contributed by atoms with van der Waals surface area (Å²) in [6.07, 6.45) is 2.49. The van der Waals surface area contributed by atoms with Gasteiger partial charge >= 0.3 is 0 Å². The Labute approximate surface area is 209 Å². The molecule has 6 nitrogen and oxygen atoms in total. The van der Waals surface area contributed by atoms with E-state index in [0.717, 1.165) is 55.3 Å². The molecule has 0 saturated carbocycles. The molecule has 0 amide bonds. The third kappa shape index (κ3) is 4.74. The Morgan fingerprint density at radius 1 is 1.06 bits per heavy atom. The van der Waals surface area contributed by atoms with Crippen molar-refractivity contribution in [2.45, 2.75) is 24.8 Å². The van der Waals surface area contributed by atoms with Crippen LogP contribution in [0.1, 0.15) is 19.0 Å². The Hall–Kier alpha value is -3.07. The molecule has 0 saturated heterocycles. The summed E-state index contributed by atoms with van der Waals surface area (Å²) in [7, 11) is -2.35. The van der Waals surface area contributed by atoms with Crippen LogP contribution >= 0.6 is 11.8 Å². The second-order valence-electron chi connectivity index (χ2n) is 8.44. The van der Waals surface area contributed by atoms with Crippen LogP contribution in [0.4, 0.5) is 5.69 Å². The van der Waals surface area contributed by atoms with Crippen molar-refractivity contribution >= 4 is 55.3 Å². The van der Waals surface area contributed by atoms with E-state index in [2.05, 4.69) is 64.9 Å². The molecule has 1 N–H and O–H groups in total. The number of aryl methyl sites for hydroxylation is 1. The molecule has 0 spiro atoms. The number of aromatic nitrogens is 1. The molecule has 8 heteroatoms. The lowest BCUT2D eigenvalue weighted by molar-refractivity contribution is -0.669. The fourth-order valence-electron chi connectivity index (χ4n) is 4.66. The monoisotopic (exact) mass is 507 g/mol. The van der Waals surface area contributed by atoms with E-state index in [0.29, 0.717) is 13.0 Å². The first-order valence-corrected chi connectivity index (χ1v) is 13.9. The Morgan fingerprint density at radius 2 is 1.86 bits per heavy atom. The molecule has 4 aromatic rings. The highest BCUT2D eigenvalue weighted by Crippen LogP contribution is 2.50. The van der Waals surface area contributed by atoms with Crippen molar-refractivity contribution in [2.24, 2.45) is 0 Å². The quantitative estimate of drug-likeness (QED) is 0.263. The van der Waals surface area contributed by atoms with Crippen molar-refractivity contribution in [1.82, 2.24) is 0 Å². The van der Waals surface area contributed by atoms with E-state index in [1.165, 1.54) is 0 Å². The predicted octanol–water partition coefficient (Wildman–Crippen LogP) is 5.50. The van der Waals surface area contributed by atoms with E-state index in [1.807, 2.05) is 24.3 Å². The maximum absolute atomic E-state index is 11.4. The van der Waals surface area contributed by atoms with E-state index in [9.17, 15) is 13.0 Å². The van der Waals surface area contributed by atoms with E-state index in [1.54, 1.807) is 18.9 Å². The maximum Gasteiger partial charge on any atom is 0.264 e. The van der Waals surface area contributed by atoms with Crippen molar-refractivity contribution in [1.29, 1.82) is 0 Å². The highest BCUT2D eigenvalue weighted by atomic mass is 32.2. The fourth-order valence-corrected chi connectivity index (χ4v) is 6.30. The van der Waals surface area contributed by atoms with Crippen LogP contribution in [-0.4, -0.2) is 32.4 Å². The number of anilines is 1. The number of nitrogens with zero attached hydrogens (tertiary/aromatic N) is 2. The van der Waals surface area contributed by atoms with E-state index >= 15 is 0 Å². The van der Waals surface area contributed by atoms with E-state index < -0.39 is 10.1 Å². The molecule has 0 fully saturated rings. The predicted molar refractivity (Wildman–Crippen MR) is 143 cm³/mol. The maximum atomic E-state index is 11.4. The summed E-state index contributed by atoms with van der Waals surface area (Å²) in [5.41, 5.74) is 3.26. The zero-order valence-electron chi connectivity index (χ0n) is 19.6. The molecule has 5 rings (SSSR count). The minimum Gasteiger partial charge on any atom is -0.497 e. The van der Waals surface area contributed by atoms with Gasteiger partial charge in [0.25, 0.3) is 10.1 Å². The number of ether oxygens (including phenoxy) is 1. The summed E-state index contributed by atoms with van der Waals surface area (Å²) in [6.45, 7) is 3.40. The first kappa shape index (κ1) is 23.7. The Morgan fingerprint density at radius 3 is 2.63 bits per heavy atom. The highest BCUT2D eigenvalue weighted by molar-refractivity contribution is 8.04. The number of pyridine rings is 1. The minimum atomic E-state index is -4.02. The van der Waals surface area contributed by atoms with Gasteiger partial charge in [-0.15, -0.1) is 0 Å². The number of hydrogen-bond acceptors (Lipinski definition) is 5. The van der Waals surface area contributed by atoms with Gasteiger partial charge in [0.05, 0.1) is 29.0 Å². The lowest BCUT2D eigenvalue weighted by Gasteiger charge is -2.21. The molecular formula is C27H27N2O4S2+. The first-order chi connectivity index (χ1) is 16.9. The highest BCUT2D eigenvalue weighted by Gasteiger charge is 2.28. The van der Waals surface area contributed by atoms with Crippen LogP contribution in [-0.2, 0) is 16.7 Å². The first-order valence-electron chi connectivity index (χ1n) is 11.5. The fraction of sp³-hybridized carbons (Fsp3) is 0.222. The molecule has 0 aliphatic carbocycles. The largest absolute Gasteiger partial charge is 0.497 e. The van der Waals surface area contributed by atoms with Gasteiger partial charge in [-0.1, -0.05) is 42.1 Å². The standard InChI is InChI=1S/C27H26N2O4S2/c1-3-28-21(11-9-20-17-22(33-2)12-13-24(20)28)18-26-29(15-6-16-35(30,31)32)27-23-8-5-4-7-19(23)10-14-25(27)34-26/h4-5,7-14,17-18H,3,6,15-16H2,1-2H3/p+1. The van der Waals surface area contributed by atoms with Gasteiger partial charge in [-0.05, 0) is 43.0 Å². The summed E-state index contributed by atoms with van der Waals surface area (Å²) >= 11 is 1.68. The zero-order valence-corrected chi connectivity index (χ0v) is 21.3. The molecular weight excluding hydrogens is 480 g/mol. The summed E-state index contributed by atoms with van der Waals surface area (Å²) in [4.78, 5) is 3.32. The van der Waals surface area contributed by atoms with Crippen LogP contribution in [0.3, 0.4) is 0 Å². The second-order valence-corrected chi connectivity index (χ2v) is 11.1. The molecule has 2 heterocycles. The molecule has 0 atom stereocenters. The smallest absolute Gasteiger partial charge is 0.264 e. The van der Waals surface area contributed by atoms with Crippen molar-refractivity contribution in [2.75, 3.05) is 24.3 Å². The molecule has 1 aliphatic heterocycles. The van der Waals surface area contributed by atoms with Gasteiger partial charge in [0.2, 0.25) is 11.2 Å². The molecule has 0 unspecified atom stereocenters. The Kier molecular flexibility index (Phi) is 6.44. The molecule has 3 aromatic carbocycles. The SMILES string of the molecule is CC[n+]1c(C=C2Sc3ccc4ccccc4c3N2CCCS(=O)(=O)O)ccc2cc(OC)ccc21. The van der Waals surface area contributed by atoms with Crippen LogP contribution in [0, 0.1) is 0 Å². The lowest BCUT2D eigenvalue weighted by Crippen LogP contribution is -2.37.